The van der Waals surface area contributed by atoms with E-state index in [1.165, 1.54) is 11.3 Å². The molecular formula is C24H21ClN4O2S. The Morgan fingerprint density at radius 2 is 1.72 bits per heavy atom. The fraction of sp³-hybridized carbons (Fsp3) is 0.208. The summed E-state index contributed by atoms with van der Waals surface area (Å²) in [5, 5.41) is 4.33. The van der Waals surface area contributed by atoms with Crippen molar-refractivity contribution < 1.29 is 9.59 Å². The van der Waals surface area contributed by atoms with E-state index in [2.05, 4.69) is 9.97 Å². The molecule has 0 spiro atoms. The lowest BCUT2D eigenvalue weighted by molar-refractivity contribution is -0.131. The first kappa shape index (κ1) is 20.7. The minimum absolute atomic E-state index is 0.0838. The number of rotatable bonds is 4. The van der Waals surface area contributed by atoms with Gasteiger partial charge >= 0.3 is 0 Å². The maximum absolute atomic E-state index is 12.9. The van der Waals surface area contributed by atoms with Gasteiger partial charge in [0, 0.05) is 59.2 Å². The van der Waals surface area contributed by atoms with Gasteiger partial charge in [0.1, 0.15) is 10.7 Å². The molecule has 8 heteroatoms. The zero-order valence-electron chi connectivity index (χ0n) is 17.3. The Hall–Kier alpha value is -3.16. The number of aromatic amines is 1. The normalized spacial score (nSPS) is 14.2. The Labute approximate surface area is 194 Å². The van der Waals surface area contributed by atoms with Crippen molar-refractivity contribution in [2.24, 2.45) is 0 Å². The Balaban J connectivity index is 1.19. The molecule has 0 saturated carbocycles. The number of nitrogens with one attached hydrogen (secondary N) is 1. The number of fused-ring (bicyclic) bond motifs is 1. The minimum Gasteiger partial charge on any atom is -0.361 e. The average molecular weight is 465 g/mol. The van der Waals surface area contributed by atoms with E-state index in [1.807, 2.05) is 59.6 Å². The molecule has 1 saturated heterocycles. The van der Waals surface area contributed by atoms with E-state index in [9.17, 15) is 9.59 Å². The zero-order valence-corrected chi connectivity index (χ0v) is 18.8. The summed E-state index contributed by atoms with van der Waals surface area (Å²) in [5.41, 5.74) is 3.41. The van der Waals surface area contributed by atoms with Crippen molar-refractivity contribution in [1.29, 1.82) is 0 Å². The van der Waals surface area contributed by atoms with Crippen LogP contribution in [0.15, 0.2) is 60.1 Å². The highest BCUT2D eigenvalue weighted by Gasteiger charge is 2.26. The third kappa shape index (κ3) is 4.13. The lowest BCUT2D eigenvalue weighted by Gasteiger charge is -2.34. The van der Waals surface area contributed by atoms with Gasteiger partial charge in [0.15, 0.2) is 0 Å². The summed E-state index contributed by atoms with van der Waals surface area (Å²) in [6.07, 6.45) is 2.26. The summed E-state index contributed by atoms with van der Waals surface area (Å²) >= 11 is 7.39. The number of benzene rings is 2. The van der Waals surface area contributed by atoms with E-state index in [4.69, 9.17) is 11.6 Å². The van der Waals surface area contributed by atoms with Crippen molar-refractivity contribution in [2.75, 3.05) is 26.2 Å². The molecule has 0 radical (unpaired) electrons. The number of halogens is 1. The summed E-state index contributed by atoms with van der Waals surface area (Å²) in [6.45, 7) is 2.07. The van der Waals surface area contributed by atoms with Crippen LogP contribution in [0, 0.1) is 0 Å². The second-order valence-corrected chi connectivity index (χ2v) is 9.05. The van der Waals surface area contributed by atoms with Gasteiger partial charge in [-0.05, 0) is 23.8 Å². The first-order valence-corrected chi connectivity index (χ1v) is 11.7. The molecule has 4 aromatic rings. The summed E-state index contributed by atoms with van der Waals surface area (Å²) < 4.78 is 0. The number of hydrogen-bond donors (Lipinski definition) is 1. The largest absolute Gasteiger partial charge is 0.361 e. The highest BCUT2D eigenvalue weighted by Crippen LogP contribution is 2.26. The highest BCUT2D eigenvalue weighted by molar-refractivity contribution is 7.13. The fourth-order valence-electron chi connectivity index (χ4n) is 3.97. The predicted molar refractivity (Wildman–Crippen MR) is 127 cm³/mol. The molecule has 1 fully saturated rings. The number of amides is 2. The first-order chi connectivity index (χ1) is 15.6. The molecule has 5 rings (SSSR count). The molecule has 2 amide bonds. The summed E-state index contributed by atoms with van der Waals surface area (Å²) in [7, 11) is 0. The molecule has 2 aromatic heterocycles. The van der Waals surface area contributed by atoms with Gasteiger partial charge in [-0.25, -0.2) is 4.98 Å². The molecule has 2 aromatic carbocycles. The molecule has 162 valence electrons. The Morgan fingerprint density at radius 1 is 1.00 bits per heavy atom. The van der Waals surface area contributed by atoms with Gasteiger partial charge in [0.2, 0.25) is 5.91 Å². The van der Waals surface area contributed by atoms with Crippen LogP contribution in [0.2, 0.25) is 5.02 Å². The van der Waals surface area contributed by atoms with Crippen LogP contribution in [0.1, 0.15) is 16.1 Å². The quantitative estimate of drug-likeness (QED) is 0.484. The van der Waals surface area contributed by atoms with Gasteiger partial charge in [-0.3, -0.25) is 9.59 Å². The van der Waals surface area contributed by atoms with E-state index < -0.39 is 0 Å². The van der Waals surface area contributed by atoms with Crippen molar-refractivity contribution in [3.63, 3.8) is 0 Å². The molecule has 3 heterocycles. The summed E-state index contributed by atoms with van der Waals surface area (Å²) in [4.78, 5) is 37.1. The zero-order chi connectivity index (χ0) is 22.1. The van der Waals surface area contributed by atoms with Crippen LogP contribution in [0.3, 0.4) is 0 Å². The van der Waals surface area contributed by atoms with Crippen molar-refractivity contribution in [3.8, 4) is 10.6 Å². The Bertz CT molecular complexity index is 1270. The molecule has 6 nitrogen and oxygen atoms in total. The number of nitrogens with zero attached hydrogens (tertiary/aromatic N) is 3. The summed E-state index contributed by atoms with van der Waals surface area (Å²) in [5.74, 6) is -0.00859. The lowest BCUT2D eigenvalue weighted by atomic mass is 10.1. The van der Waals surface area contributed by atoms with E-state index in [-0.39, 0.29) is 11.8 Å². The van der Waals surface area contributed by atoms with E-state index in [1.54, 1.807) is 10.3 Å². The van der Waals surface area contributed by atoms with Crippen LogP contribution >= 0.6 is 22.9 Å². The van der Waals surface area contributed by atoms with Crippen LogP contribution in [-0.4, -0.2) is 57.8 Å². The standard InChI is InChI=1S/C24H21ClN4O2S/c25-18-7-5-16(6-8-18)23-27-21(15-32-23)24(31)29-11-9-28(10-12-29)22(30)13-17-14-26-20-4-2-1-3-19(17)20/h1-8,14-15,26H,9-13H2. The Morgan fingerprint density at radius 3 is 2.50 bits per heavy atom. The van der Waals surface area contributed by atoms with E-state index in [0.717, 1.165) is 27.0 Å². The SMILES string of the molecule is O=C(Cc1c[nH]c2ccccc12)N1CCN(C(=O)c2csc(-c3ccc(Cl)cc3)n2)CC1. The Kier molecular flexibility index (Phi) is 5.68. The van der Waals surface area contributed by atoms with Gasteiger partial charge in [0.05, 0.1) is 6.42 Å². The van der Waals surface area contributed by atoms with Crippen LogP contribution < -0.4 is 0 Å². The van der Waals surface area contributed by atoms with Crippen molar-refractivity contribution in [3.05, 3.63) is 76.4 Å². The maximum Gasteiger partial charge on any atom is 0.273 e. The number of para-hydroxylation sites is 1. The monoisotopic (exact) mass is 464 g/mol. The number of aromatic nitrogens is 2. The molecule has 1 aliphatic rings. The number of carbonyl (C=O) groups is 2. The van der Waals surface area contributed by atoms with Gasteiger partial charge in [-0.2, -0.15) is 0 Å². The average Bonchev–Trinajstić information content (AvgIpc) is 3.47. The third-order valence-corrected chi connectivity index (χ3v) is 6.89. The molecule has 32 heavy (non-hydrogen) atoms. The van der Waals surface area contributed by atoms with Gasteiger partial charge in [-0.15, -0.1) is 11.3 Å². The van der Waals surface area contributed by atoms with Crippen molar-refractivity contribution >= 4 is 45.7 Å². The molecule has 0 unspecified atom stereocenters. The van der Waals surface area contributed by atoms with Crippen LogP contribution in [0.25, 0.3) is 21.5 Å². The summed E-state index contributed by atoms with van der Waals surface area (Å²) in [6, 6.07) is 15.4. The van der Waals surface area contributed by atoms with Gasteiger partial charge < -0.3 is 14.8 Å². The van der Waals surface area contributed by atoms with Crippen molar-refractivity contribution in [1.82, 2.24) is 19.8 Å². The number of piperazine rings is 1. The predicted octanol–water partition coefficient (Wildman–Crippen LogP) is 4.47. The van der Waals surface area contributed by atoms with Gasteiger partial charge in [-0.1, -0.05) is 41.9 Å². The van der Waals surface area contributed by atoms with E-state index >= 15 is 0 Å². The molecule has 1 aliphatic heterocycles. The molecule has 0 atom stereocenters. The van der Waals surface area contributed by atoms with Gasteiger partial charge in [0.25, 0.3) is 5.91 Å². The molecular weight excluding hydrogens is 444 g/mol. The van der Waals surface area contributed by atoms with Crippen LogP contribution in [-0.2, 0) is 11.2 Å². The molecule has 0 aliphatic carbocycles. The second kappa shape index (κ2) is 8.76. The van der Waals surface area contributed by atoms with Crippen LogP contribution in [0.5, 0.6) is 0 Å². The highest BCUT2D eigenvalue weighted by atomic mass is 35.5. The number of H-pyrrole nitrogens is 1. The van der Waals surface area contributed by atoms with E-state index in [0.29, 0.717) is 43.3 Å². The third-order valence-electron chi connectivity index (χ3n) is 5.75. The number of hydrogen-bond acceptors (Lipinski definition) is 4. The smallest absolute Gasteiger partial charge is 0.273 e. The molecule has 1 N–H and O–H groups in total. The first-order valence-electron chi connectivity index (χ1n) is 10.4. The second-order valence-electron chi connectivity index (χ2n) is 7.75. The van der Waals surface area contributed by atoms with Crippen molar-refractivity contribution in [2.45, 2.75) is 6.42 Å². The topological polar surface area (TPSA) is 69.3 Å². The molecule has 0 bridgehead atoms. The number of carbonyl (C=O) groups excluding carboxylic acids is 2. The maximum atomic E-state index is 12.9. The fourth-order valence-corrected chi connectivity index (χ4v) is 4.90. The van der Waals surface area contributed by atoms with Crippen LogP contribution in [0.4, 0.5) is 0 Å². The lowest BCUT2D eigenvalue weighted by Crippen LogP contribution is -2.51. The number of thiazole rings is 1. The minimum atomic E-state index is -0.0924.